The summed E-state index contributed by atoms with van der Waals surface area (Å²) in [6.45, 7) is 1.02. The number of carboxylic acid groups (broad SMARTS) is 1. The molecule has 0 bridgehead atoms. The van der Waals surface area contributed by atoms with Crippen LogP contribution in [0.1, 0.15) is 17.8 Å². The quantitative estimate of drug-likeness (QED) is 0.866. The number of aryl methyl sites for hydroxylation is 1. The number of alkyl halides is 2. The van der Waals surface area contributed by atoms with Gasteiger partial charge in [0, 0.05) is 0 Å². The van der Waals surface area contributed by atoms with E-state index in [-0.39, 0.29) is 5.69 Å². The maximum atomic E-state index is 12.5. The molecule has 14 heavy (non-hydrogen) atoms. The van der Waals surface area contributed by atoms with Crippen LogP contribution in [0, 0.1) is 10.5 Å². The van der Waals surface area contributed by atoms with Gasteiger partial charge in [-0.05, 0) is 29.5 Å². The Kier molecular flexibility index (Phi) is 3.40. The number of hydrogen-bond acceptors (Lipinski definition) is 2. The molecule has 1 rings (SSSR count). The van der Waals surface area contributed by atoms with Crippen LogP contribution in [0.2, 0.25) is 0 Å². The summed E-state index contributed by atoms with van der Waals surface area (Å²) in [5.41, 5.74) is 0.0904. The lowest BCUT2D eigenvalue weighted by Gasteiger charge is -2.03. The van der Waals surface area contributed by atoms with Crippen LogP contribution in [0.25, 0.3) is 0 Å². The van der Waals surface area contributed by atoms with Crippen molar-refractivity contribution in [2.24, 2.45) is 0 Å². The molecule has 0 amide bonds. The molecule has 0 aliphatic heterocycles. The van der Waals surface area contributed by atoms with Crippen LogP contribution in [-0.4, -0.2) is 20.9 Å². The van der Waals surface area contributed by atoms with Gasteiger partial charge in [0.15, 0.2) is 0 Å². The largest absolute Gasteiger partial charge is 0.480 e. The zero-order chi connectivity index (χ0) is 10.9. The molecule has 0 atom stereocenters. The first kappa shape index (κ1) is 11.3. The molecular formula is C7H7F2IN2O2. The van der Waals surface area contributed by atoms with Crippen molar-refractivity contribution in [2.45, 2.75) is 19.9 Å². The summed E-state index contributed by atoms with van der Waals surface area (Å²) in [7, 11) is 0. The highest BCUT2D eigenvalue weighted by atomic mass is 127. The smallest absolute Gasteiger partial charge is 0.325 e. The third kappa shape index (κ3) is 2.20. The van der Waals surface area contributed by atoms with Crippen LogP contribution in [0.4, 0.5) is 8.78 Å². The van der Waals surface area contributed by atoms with Crippen molar-refractivity contribution in [3.63, 3.8) is 0 Å². The van der Waals surface area contributed by atoms with E-state index in [9.17, 15) is 13.6 Å². The van der Waals surface area contributed by atoms with Gasteiger partial charge in [0.05, 0.1) is 9.26 Å². The lowest BCUT2D eigenvalue weighted by atomic mass is 10.4. The summed E-state index contributed by atoms with van der Waals surface area (Å²) in [6, 6.07) is 0. The fourth-order valence-corrected chi connectivity index (χ4v) is 1.66. The van der Waals surface area contributed by atoms with Crippen molar-refractivity contribution in [1.29, 1.82) is 0 Å². The summed E-state index contributed by atoms with van der Waals surface area (Å²) >= 11 is 1.73. The fraction of sp³-hybridized carbons (Fsp3) is 0.429. The first-order valence-corrected chi connectivity index (χ1v) is 4.74. The van der Waals surface area contributed by atoms with Crippen LogP contribution < -0.4 is 0 Å². The average Bonchev–Trinajstić information content (AvgIpc) is 2.26. The van der Waals surface area contributed by atoms with E-state index < -0.39 is 18.9 Å². The minimum Gasteiger partial charge on any atom is -0.480 e. The predicted octanol–water partition coefficient (Wildman–Crippen LogP) is 1.82. The molecular weight excluding hydrogens is 309 g/mol. The summed E-state index contributed by atoms with van der Waals surface area (Å²) in [4.78, 5) is 10.4. The lowest BCUT2D eigenvalue weighted by Crippen LogP contribution is -2.13. The zero-order valence-electron chi connectivity index (χ0n) is 7.17. The third-order valence-electron chi connectivity index (χ3n) is 1.58. The van der Waals surface area contributed by atoms with E-state index in [1.807, 2.05) is 0 Å². The molecule has 1 aromatic rings. The second-order valence-corrected chi connectivity index (χ2v) is 3.72. The minimum absolute atomic E-state index is 0.318. The van der Waals surface area contributed by atoms with E-state index >= 15 is 0 Å². The third-order valence-corrected chi connectivity index (χ3v) is 2.92. The fourth-order valence-electron chi connectivity index (χ4n) is 1.03. The highest BCUT2D eigenvalue weighted by Gasteiger charge is 2.22. The van der Waals surface area contributed by atoms with Crippen molar-refractivity contribution in [1.82, 2.24) is 9.78 Å². The molecule has 0 radical (unpaired) electrons. The maximum absolute atomic E-state index is 12.5. The first-order chi connectivity index (χ1) is 6.43. The number of carboxylic acids is 1. The monoisotopic (exact) mass is 316 g/mol. The number of carbonyl (C=O) groups is 1. The topological polar surface area (TPSA) is 55.1 Å². The second-order valence-electron chi connectivity index (χ2n) is 2.64. The van der Waals surface area contributed by atoms with E-state index in [1.54, 1.807) is 29.5 Å². The van der Waals surface area contributed by atoms with E-state index in [1.165, 1.54) is 0 Å². The number of halogens is 3. The summed E-state index contributed by atoms with van der Waals surface area (Å²) < 4.78 is 26.1. The van der Waals surface area contributed by atoms with Crippen molar-refractivity contribution in [3.05, 3.63) is 15.0 Å². The molecule has 0 spiro atoms. The minimum atomic E-state index is -2.71. The van der Waals surface area contributed by atoms with Gasteiger partial charge in [-0.1, -0.05) is 0 Å². The van der Waals surface area contributed by atoms with Gasteiger partial charge < -0.3 is 5.11 Å². The van der Waals surface area contributed by atoms with Crippen molar-refractivity contribution < 1.29 is 18.7 Å². The maximum Gasteiger partial charge on any atom is 0.325 e. The number of rotatable bonds is 3. The molecule has 7 heteroatoms. The predicted molar refractivity (Wildman–Crippen MR) is 52.3 cm³/mol. The number of aliphatic carboxylic acids is 1. The molecule has 1 N–H and O–H groups in total. The Labute approximate surface area is 92.0 Å². The van der Waals surface area contributed by atoms with Gasteiger partial charge in [-0.3, -0.25) is 9.48 Å². The number of aromatic nitrogens is 2. The molecule has 78 valence electrons. The summed E-state index contributed by atoms with van der Waals surface area (Å²) in [6.07, 6.45) is -2.71. The van der Waals surface area contributed by atoms with Gasteiger partial charge in [-0.25, -0.2) is 8.78 Å². The Morgan fingerprint density at radius 1 is 1.71 bits per heavy atom. The number of hydrogen-bond donors (Lipinski definition) is 1. The second kappa shape index (κ2) is 4.20. The van der Waals surface area contributed by atoms with Gasteiger partial charge in [0.2, 0.25) is 0 Å². The van der Waals surface area contributed by atoms with Gasteiger partial charge >= 0.3 is 5.97 Å². The van der Waals surface area contributed by atoms with Crippen LogP contribution in [0.3, 0.4) is 0 Å². The van der Waals surface area contributed by atoms with Crippen molar-refractivity contribution >= 4 is 28.6 Å². The molecule has 0 unspecified atom stereocenters. The van der Waals surface area contributed by atoms with Crippen molar-refractivity contribution in [3.8, 4) is 0 Å². The summed E-state index contributed by atoms with van der Waals surface area (Å²) in [5.74, 6) is -1.19. The summed E-state index contributed by atoms with van der Waals surface area (Å²) in [5, 5.41) is 12.2. The molecule has 0 saturated heterocycles. The molecule has 0 aromatic carbocycles. The van der Waals surface area contributed by atoms with Crippen LogP contribution in [0.5, 0.6) is 0 Å². The Morgan fingerprint density at radius 3 is 2.71 bits per heavy atom. The standard InChI is InChI=1S/C7H7F2IN2O2/c1-3-5(10)6(7(8)9)12(11-3)2-4(13)14/h7H,2H2,1H3,(H,13,14). The van der Waals surface area contributed by atoms with Crippen molar-refractivity contribution in [2.75, 3.05) is 0 Å². The molecule has 0 fully saturated rings. The SMILES string of the molecule is Cc1nn(CC(=O)O)c(C(F)F)c1I. The Bertz CT molecular complexity index is 365. The molecule has 0 saturated carbocycles. The normalized spacial score (nSPS) is 10.9. The van der Waals surface area contributed by atoms with Crippen LogP contribution in [-0.2, 0) is 11.3 Å². The van der Waals surface area contributed by atoms with Gasteiger partial charge in [0.25, 0.3) is 6.43 Å². The Balaban J connectivity index is 3.15. The first-order valence-electron chi connectivity index (χ1n) is 3.66. The lowest BCUT2D eigenvalue weighted by molar-refractivity contribution is -0.138. The Morgan fingerprint density at radius 2 is 2.29 bits per heavy atom. The molecule has 4 nitrogen and oxygen atoms in total. The van der Waals surface area contributed by atoms with Gasteiger partial charge in [0.1, 0.15) is 12.2 Å². The molecule has 1 aromatic heterocycles. The molecule has 0 aliphatic rings. The van der Waals surface area contributed by atoms with Crippen LogP contribution in [0.15, 0.2) is 0 Å². The number of nitrogens with zero attached hydrogens (tertiary/aromatic N) is 2. The molecule has 1 heterocycles. The van der Waals surface area contributed by atoms with E-state index in [0.717, 1.165) is 4.68 Å². The highest BCUT2D eigenvalue weighted by Crippen LogP contribution is 2.26. The van der Waals surface area contributed by atoms with E-state index in [2.05, 4.69) is 5.10 Å². The zero-order valence-corrected chi connectivity index (χ0v) is 9.33. The van der Waals surface area contributed by atoms with E-state index in [4.69, 9.17) is 5.11 Å². The highest BCUT2D eigenvalue weighted by molar-refractivity contribution is 14.1. The molecule has 0 aliphatic carbocycles. The van der Waals surface area contributed by atoms with Gasteiger partial charge in [-0.15, -0.1) is 0 Å². The van der Waals surface area contributed by atoms with Gasteiger partial charge in [-0.2, -0.15) is 5.10 Å². The van der Waals surface area contributed by atoms with Crippen LogP contribution >= 0.6 is 22.6 Å². The Hall–Kier alpha value is -0.730. The van der Waals surface area contributed by atoms with E-state index in [0.29, 0.717) is 9.26 Å². The average molecular weight is 316 g/mol.